The lowest BCUT2D eigenvalue weighted by Gasteiger charge is -2.53. The van der Waals surface area contributed by atoms with Crippen LogP contribution in [-0.4, -0.2) is 167 Å². The Morgan fingerprint density at radius 1 is 0.633 bits per heavy atom. The third-order valence-electron chi connectivity index (χ3n) is 14.3. The highest BCUT2D eigenvalue weighted by Gasteiger charge is 2.53. The summed E-state index contributed by atoms with van der Waals surface area (Å²) in [6.45, 7) is 14.3. The molecule has 60 heavy (non-hydrogen) atoms. The first-order valence-electron chi connectivity index (χ1n) is 22.1. The number of carbonyl (C=O) groups is 6. The van der Waals surface area contributed by atoms with Gasteiger partial charge in [-0.05, 0) is 83.5 Å². The van der Waals surface area contributed by atoms with Gasteiger partial charge in [-0.25, -0.2) is 9.59 Å². The molecule has 0 aromatic rings. The highest BCUT2D eigenvalue weighted by Crippen LogP contribution is 2.51. The third kappa shape index (κ3) is 10.3. The van der Waals surface area contributed by atoms with Crippen LogP contribution < -0.4 is 0 Å². The van der Waals surface area contributed by atoms with Crippen molar-refractivity contribution in [1.29, 1.82) is 0 Å². The van der Waals surface area contributed by atoms with Gasteiger partial charge in [-0.1, -0.05) is 21.3 Å². The summed E-state index contributed by atoms with van der Waals surface area (Å²) in [7, 11) is 0. The monoisotopic (exact) mass is 855 g/mol. The van der Waals surface area contributed by atoms with Crippen molar-refractivity contribution in [2.45, 2.75) is 161 Å². The maximum Gasteiger partial charge on any atom is 0.471 e. The zero-order valence-electron chi connectivity index (χ0n) is 35.4. The van der Waals surface area contributed by atoms with Crippen molar-refractivity contribution < 1.29 is 51.4 Å². The average Bonchev–Trinajstić information content (AvgIpc) is 3.83. The number of ether oxygens (including phenoxy) is 2. The predicted molar refractivity (Wildman–Crippen MR) is 217 cm³/mol. The first-order valence-corrected chi connectivity index (χ1v) is 22.1. The molecule has 6 aliphatic heterocycles. The van der Waals surface area contributed by atoms with Gasteiger partial charge in [0.05, 0.1) is 13.2 Å². The molecule has 0 aromatic heterocycles. The molecule has 0 aromatic carbocycles. The molecule has 8 fully saturated rings. The van der Waals surface area contributed by atoms with Crippen LogP contribution in [0.2, 0.25) is 0 Å². The summed E-state index contributed by atoms with van der Waals surface area (Å²) in [6, 6.07) is 1.86. The van der Waals surface area contributed by atoms with E-state index in [0.717, 1.165) is 82.6 Å². The second-order valence-corrected chi connectivity index (χ2v) is 18.1. The number of amides is 5. The summed E-state index contributed by atoms with van der Waals surface area (Å²) in [6.07, 6.45) is 7.03. The largest absolute Gasteiger partial charge is 0.471 e. The molecule has 2 spiro atoms. The van der Waals surface area contributed by atoms with Crippen LogP contribution in [0.4, 0.5) is 22.8 Å². The quantitative estimate of drug-likeness (QED) is 0.289. The molecule has 14 nitrogen and oxygen atoms in total. The first kappa shape index (κ1) is 47.4. The lowest BCUT2D eigenvalue weighted by atomic mass is 9.64. The number of halogens is 3. The van der Waals surface area contributed by atoms with Gasteiger partial charge in [-0.3, -0.25) is 19.2 Å². The van der Waals surface area contributed by atoms with Gasteiger partial charge in [0.25, 0.3) is 0 Å². The Labute approximate surface area is 353 Å². The molecule has 2 atom stereocenters. The van der Waals surface area contributed by atoms with E-state index in [1.807, 2.05) is 18.7 Å². The van der Waals surface area contributed by atoms with E-state index in [1.165, 1.54) is 12.8 Å². The van der Waals surface area contributed by atoms with Gasteiger partial charge in [-0.15, -0.1) is 0 Å². The van der Waals surface area contributed by atoms with E-state index in [-0.39, 0.29) is 56.1 Å². The van der Waals surface area contributed by atoms with E-state index in [9.17, 15) is 41.9 Å². The molecule has 0 unspecified atom stereocenters. The minimum absolute atomic E-state index is 0. The fourth-order valence-corrected chi connectivity index (χ4v) is 11.0. The summed E-state index contributed by atoms with van der Waals surface area (Å²) in [4.78, 5) is 79.9. The fraction of sp³-hybridized carbons (Fsp3) is 0.860. The predicted octanol–water partition coefficient (Wildman–Crippen LogP) is 5.86. The van der Waals surface area contributed by atoms with Crippen LogP contribution in [0.3, 0.4) is 0 Å². The Hall–Kier alpha value is -3.63. The standard InChI is InChI=1S/C20H33N3O3.C12H17F3N2O2.C10H15NO3.CH4/c1-3-15-11-18(24)23(15)16-5-8-21(9-6-16)17-12-20(13-17)7-10-22(14-20)19(25)26-4-2;1-2-8-7-10(18)17(8)9-3-5-16(6-4-9)11(19)12(13,14)15;1-2-14-9(13)11-4-3-10(7-11)5-8(12)6-10;/h15-17H,3-14H2,1-2H3;8-9H,2-7H2,1H3;2-7H2,1H3;1H4/t15-,17?,20?;8-;;/m00../s1. The SMILES string of the molecule is C.CCOC(=O)N1CCC2(CC(=O)C2)C1.CCOC(=O)N1CCC2(CC(N3CCC(N4C(=O)C[C@@H]4CC)CC3)C2)C1.CC[C@H]1CC(=O)N1C1CCN(C(=O)C(F)(F)F)CC1. The van der Waals surface area contributed by atoms with Crippen molar-refractivity contribution in [3.05, 3.63) is 0 Å². The summed E-state index contributed by atoms with van der Waals surface area (Å²) >= 11 is 0. The number of β-lactam (4-membered cyclic amide) rings is 2. The summed E-state index contributed by atoms with van der Waals surface area (Å²) < 4.78 is 46.9. The van der Waals surface area contributed by atoms with Gasteiger partial charge in [0, 0.05) is 114 Å². The lowest BCUT2D eigenvalue weighted by molar-refractivity contribution is -0.187. The molecule has 8 rings (SSSR count). The van der Waals surface area contributed by atoms with E-state index >= 15 is 0 Å². The van der Waals surface area contributed by atoms with E-state index in [1.54, 1.807) is 16.7 Å². The van der Waals surface area contributed by atoms with E-state index in [0.29, 0.717) is 87.1 Å². The summed E-state index contributed by atoms with van der Waals surface area (Å²) in [5, 5.41) is 0. The van der Waals surface area contributed by atoms with Crippen LogP contribution in [0, 0.1) is 10.8 Å². The van der Waals surface area contributed by atoms with Crippen molar-refractivity contribution in [3.63, 3.8) is 0 Å². The molecule has 2 saturated carbocycles. The van der Waals surface area contributed by atoms with Crippen LogP contribution in [0.1, 0.15) is 125 Å². The molecule has 0 bridgehead atoms. The minimum atomic E-state index is -4.80. The van der Waals surface area contributed by atoms with Crippen molar-refractivity contribution in [2.24, 2.45) is 10.8 Å². The van der Waals surface area contributed by atoms with E-state index < -0.39 is 12.1 Å². The summed E-state index contributed by atoms with van der Waals surface area (Å²) in [5.74, 6) is -1.00. The number of carbonyl (C=O) groups excluding carboxylic acids is 6. The Balaban J connectivity index is 0.000000178. The number of nitrogens with zero attached hydrogens (tertiary/aromatic N) is 6. The Kier molecular flexibility index (Phi) is 15.5. The number of likely N-dealkylation sites (tertiary alicyclic amines) is 6. The fourth-order valence-electron chi connectivity index (χ4n) is 11.0. The third-order valence-corrected chi connectivity index (χ3v) is 14.3. The molecule has 340 valence electrons. The van der Waals surface area contributed by atoms with Crippen LogP contribution in [0.15, 0.2) is 0 Å². The molecule has 0 N–H and O–H groups in total. The Morgan fingerprint density at radius 3 is 1.47 bits per heavy atom. The van der Waals surface area contributed by atoms with Crippen molar-refractivity contribution in [2.75, 3.05) is 65.6 Å². The minimum Gasteiger partial charge on any atom is -0.450 e. The maximum atomic E-state index is 12.3. The zero-order valence-corrected chi connectivity index (χ0v) is 35.4. The van der Waals surface area contributed by atoms with Crippen LogP contribution in [-0.2, 0) is 28.7 Å². The van der Waals surface area contributed by atoms with Gasteiger partial charge >= 0.3 is 24.3 Å². The number of rotatable bonds is 7. The topological polar surface area (TPSA) is 140 Å². The number of hydrogen-bond acceptors (Lipinski definition) is 9. The molecule has 0 radical (unpaired) electrons. The van der Waals surface area contributed by atoms with Gasteiger partial charge < -0.3 is 38.9 Å². The molecule has 5 amide bonds. The van der Waals surface area contributed by atoms with Crippen molar-refractivity contribution in [3.8, 4) is 0 Å². The highest BCUT2D eigenvalue weighted by atomic mass is 19.4. The maximum absolute atomic E-state index is 12.3. The van der Waals surface area contributed by atoms with Gasteiger partial charge in [0.15, 0.2) is 0 Å². The second-order valence-electron chi connectivity index (χ2n) is 18.1. The number of alkyl halides is 3. The Morgan fingerprint density at radius 2 is 1.07 bits per heavy atom. The number of hydrogen-bond donors (Lipinski definition) is 0. The van der Waals surface area contributed by atoms with Crippen LogP contribution in [0.25, 0.3) is 0 Å². The van der Waals surface area contributed by atoms with Crippen molar-refractivity contribution >= 4 is 35.7 Å². The van der Waals surface area contributed by atoms with E-state index in [2.05, 4.69) is 16.7 Å². The molecule has 2 aliphatic carbocycles. The van der Waals surface area contributed by atoms with Gasteiger partial charge in [0.2, 0.25) is 11.8 Å². The molecule has 8 aliphatic rings. The lowest BCUT2D eigenvalue weighted by Crippen LogP contribution is -2.61. The second kappa shape index (κ2) is 19.6. The van der Waals surface area contributed by atoms with Crippen molar-refractivity contribution in [1.82, 2.24) is 29.4 Å². The summed E-state index contributed by atoms with van der Waals surface area (Å²) in [5.41, 5.74) is 0.457. The number of piperidine rings is 2. The van der Waals surface area contributed by atoms with Gasteiger partial charge in [0.1, 0.15) is 5.78 Å². The Bertz CT molecular complexity index is 1550. The van der Waals surface area contributed by atoms with E-state index in [4.69, 9.17) is 9.47 Å². The normalized spacial score (nSPS) is 29.0. The highest BCUT2D eigenvalue weighted by molar-refractivity contribution is 5.87. The zero-order chi connectivity index (χ0) is 42.7. The van der Waals surface area contributed by atoms with Gasteiger partial charge in [-0.2, -0.15) is 13.2 Å². The number of Topliss-reactive ketones (excluding diaryl/α,β-unsaturated/α-hetero) is 1. The molecule has 6 saturated heterocycles. The van der Waals surface area contributed by atoms with Crippen LogP contribution in [0.5, 0.6) is 0 Å². The number of ketones is 1. The molecule has 6 heterocycles. The first-order chi connectivity index (χ1) is 28.0. The molecular weight excluding hydrogens is 786 g/mol. The molecule has 17 heteroatoms. The van der Waals surface area contributed by atoms with Crippen LogP contribution >= 0.6 is 0 Å². The average molecular weight is 855 g/mol. The molecular formula is C43H69F3N6O8. The smallest absolute Gasteiger partial charge is 0.450 e.